The molecule has 2 aromatic carbocycles. The maximum atomic E-state index is 13.2. The fourth-order valence-corrected chi connectivity index (χ4v) is 4.48. The highest BCUT2D eigenvalue weighted by Crippen LogP contribution is 2.69. The van der Waals surface area contributed by atoms with Crippen LogP contribution in [-0.4, -0.2) is 12.6 Å². The van der Waals surface area contributed by atoms with Crippen molar-refractivity contribution in [3.8, 4) is 17.6 Å². The highest BCUT2D eigenvalue weighted by atomic mass is 16.7. The van der Waals surface area contributed by atoms with E-state index in [1.54, 1.807) is 0 Å². The molecular formula is C20H15NO3. The van der Waals surface area contributed by atoms with Gasteiger partial charge in [0.2, 0.25) is 6.79 Å². The highest BCUT2D eigenvalue weighted by Gasteiger charge is 2.70. The summed E-state index contributed by atoms with van der Waals surface area (Å²) < 4.78 is 10.8. The maximum absolute atomic E-state index is 13.2. The zero-order chi connectivity index (χ0) is 16.3. The molecular weight excluding hydrogens is 302 g/mol. The Bertz CT molecular complexity index is 913. The van der Waals surface area contributed by atoms with E-state index in [4.69, 9.17) is 9.47 Å². The average molecular weight is 317 g/mol. The zero-order valence-electron chi connectivity index (χ0n) is 13.0. The average Bonchev–Trinajstić information content (AvgIpc) is 3.02. The molecule has 3 atom stereocenters. The van der Waals surface area contributed by atoms with Crippen LogP contribution in [-0.2, 0) is 6.42 Å². The smallest absolute Gasteiger partial charge is 0.231 e. The van der Waals surface area contributed by atoms with Crippen LogP contribution in [0, 0.1) is 22.7 Å². The van der Waals surface area contributed by atoms with Crippen LogP contribution >= 0.6 is 0 Å². The lowest BCUT2D eigenvalue weighted by atomic mass is 9.77. The van der Waals surface area contributed by atoms with E-state index in [2.05, 4.69) is 6.07 Å². The second-order valence-corrected chi connectivity index (χ2v) is 6.72. The predicted molar refractivity (Wildman–Crippen MR) is 85.9 cm³/mol. The van der Waals surface area contributed by atoms with E-state index in [9.17, 15) is 10.1 Å². The SMILES string of the molecule is N#CC1C(c2ccc3c(c2)OCO3)C12CCc1ccccc1C2=O. The molecule has 1 heterocycles. The normalized spacial score (nSPS) is 29.2. The molecule has 0 radical (unpaired) electrons. The number of carbonyl (C=O) groups is 1. The number of rotatable bonds is 1. The molecule has 1 spiro atoms. The first-order chi connectivity index (χ1) is 11.8. The van der Waals surface area contributed by atoms with Gasteiger partial charge in [0.25, 0.3) is 0 Å². The van der Waals surface area contributed by atoms with Crippen molar-refractivity contribution in [1.82, 2.24) is 0 Å². The number of benzene rings is 2. The number of aryl methyl sites for hydroxylation is 1. The summed E-state index contributed by atoms with van der Waals surface area (Å²) in [6.07, 6.45) is 1.58. The number of Topliss-reactive ketones (excluding diaryl/α,β-unsaturated/α-hetero) is 1. The third kappa shape index (κ3) is 1.59. The molecule has 1 aliphatic heterocycles. The largest absolute Gasteiger partial charge is 0.454 e. The summed E-state index contributed by atoms with van der Waals surface area (Å²) in [5.41, 5.74) is 2.31. The van der Waals surface area contributed by atoms with Crippen molar-refractivity contribution >= 4 is 5.78 Å². The summed E-state index contributed by atoms with van der Waals surface area (Å²) >= 11 is 0. The molecule has 3 unspecified atom stereocenters. The Hall–Kier alpha value is -2.80. The maximum Gasteiger partial charge on any atom is 0.231 e. The summed E-state index contributed by atoms with van der Waals surface area (Å²) in [5, 5.41) is 9.66. The van der Waals surface area contributed by atoms with Gasteiger partial charge in [-0.2, -0.15) is 5.26 Å². The van der Waals surface area contributed by atoms with Crippen molar-refractivity contribution in [2.24, 2.45) is 11.3 Å². The van der Waals surface area contributed by atoms with Gasteiger partial charge in [0.1, 0.15) is 0 Å². The topological polar surface area (TPSA) is 59.3 Å². The van der Waals surface area contributed by atoms with Gasteiger partial charge >= 0.3 is 0 Å². The Morgan fingerprint density at radius 1 is 1.12 bits per heavy atom. The van der Waals surface area contributed by atoms with Crippen molar-refractivity contribution in [1.29, 1.82) is 5.26 Å². The molecule has 2 aromatic rings. The number of ether oxygens (including phenoxy) is 2. The van der Waals surface area contributed by atoms with E-state index in [0.29, 0.717) is 5.75 Å². The number of fused-ring (bicyclic) bond motifs is 2. The molecule has 3 aliphatic rings. The van der Waals surface area contributed by atoms with Gasteiger partial charge in [0, 0.05) is 11.5 Å². The van der Waals surface area contributed by atoms with Crippen LogP contribution < -0.4 is 9.47 Å². The van der Waals surface area contributed by atoms with Crippen LogP contribution in [0.4, 0.5) is 0 Å². The van der Waals surface area contributed by atoms with Crippen molar-refractivity contribution in [2.75, 3.05) is 6.79 Å². The molecule has 0 N–H and O–H groups in total. The Kier molecular flexibility index (Phi) is 2.62. The molecule has 4 nitrogen and oxygen atoms in total. The van der Waals surface area contributed by atoms with Crippen molar-refractivity contribution in [3.63, 3.8) is 0 Å². The van der Waals surface area contributed by atoms with Crippen LogP contribution in [0.5, 0.6) is 11.5 Å². The van der Waals surface area contributed by atoms with E-state index in [0.717, 1.165) is 35.3 Å². The minimum absolute atomic E-state index is 0.0575. The summed E-state index contributed by atoms with van der Waals surface area (Å²) in [6.45, 7) is 0.225. The second kappa shape index (κ2) is 4.61. The fraction of sp³-hybridized carbons (Fsp3) is 0.300. The monoisotopic (exact) mass is 317 g/mol. The third-order valence-corrected chi connectivity index (χ3v) is 5.72. The predicted octanol–water partition coefficient (Wildman–Crippen LogP) is 3.47. The Labute approximate surface area is 139 Å². The number of ketones is 1. The molecule has 4 heteroatoms. The van der Waals surface area contributed by atoms with Crippen LogP contribution in [0.2, 0.25) is 0 Å². The summed E-state index contributed by atoms with van der Waals surface area (Å²) in [7, 11) is 0. The Morgan fingerprint density at radius 3 is 2.83 bits per heavy atom. The molecule has 0 aromatic heterocycles. The number of hydrogen-bond donors (Lipinski definition) is 0. The van der Waals surface area contributed by atoms with Crippen molar-refractivity contribution in [2.45, 2.75) is 18.8 Å². The number of nitrogens with zero attached hydrogens (tertiary/aromatic N) is 1. The molecule has 1 saturated carbocycles. The second-order valence-electron chi connectivity index (χ2n) is 6.72. The van der Waals surface area contributed by atoms with Crippen molar-refractivity contribution < 1.29 is 14.3 Å². The van der Waals surface area contributed by atoms with E-state index in [1.165, 1.54) is 0 Å². The molecule has 0 amide bonds. The lowest BCUT2D eigenvalue weighted by Crippen LogP contribution is -2.26. The van der Waals surface area contributed by atoms with E-state index in [-0.39, 0.29) is 24.4 Å². The molecule has 2 aliphatic carbocycles. The van der Waals surface area contributed by atoms with E-state index in [1.807, 2.05) is 42.5 Å². The lowest BCUT2D eigenvalue weighted by molar-refractivity contribution is 0.0867. The number of nitriles is 1. The first kappa shape index (κ1) is 13.6. The minimum atomic E-state index is -0.573. The molecule has 0 bridgehead atoms. The first-order valence-electron chi connectivity index (χ1n) is 8.17. The molecule has 1 fully saturated rings. The molecule has 118 valence electrons. The Morgan fingerprint density at radius 2 is 1.96 bits per heavy atom. The third-order valence-electron chi connectivity index (χ3n) is 5.72. The van der Waals surface area contributed by atoms with Gasteiger partial charge in [-0.1, -0.05) is 30.3 Å². The molecule has 5 rings (SSSR count). The summed E-state index contributed by atoms with van der Waals surface area (Å²) in [5.74, 6) is 1.23. The quantitative estimate of drug-likeness (QED) is 0.808. The van der Waals surface area contributed by atoms with Gasteiger partial charge in [0.05, 0.1) is 17.4 Å². The standard InChI is InChI=1S/C20H15NO3/c21-10-15-18(13-5-6-16-17(9-13)24-11-23-16)20(15)8-7-12-3-1-2-4-14(12)19(20)22/h1-6,9,15,18H,7-8,11H2. The van der Waals surface area contributed by atoms with Gasteiger partial charge in [-0.05, 0) is 36.1 Å². The van der Waals surface area contributed by atoms with Gasteiger partial charge in [-0.3, -0.25) is 4.79 Å². The number of hydrogen-bond acceptors (Lipinski definition) is 4. The van der Waals surface area contributed by atoms with Gasteiger partial charge in [-0.25, -0.2) is 0 Å². The fourth-order valence-electron chi connectivity index (χ4n) is 4.48. The molecule has 24 heavy (non-hydrogen) atoms. The first-order valence-corrected chi connectivity index (χ1v) is 8.17. The molecule has 0 saturated heterocycles. The van der Waals surface area contributed by atoms with Gasteiger partial charge in [-0.15, -0.1) is 0 Å². The van der Waals surface area contributed by atoms with Crippen LogP contribution in [0.1, 0.15) is 33.8 Å². The Balaban J connectivity index is 1.58. The van der Waals surface area contributed by atoms with Gasteiger partial charge in [0.15, 0.2) is 17.3 Å². The van der Waals surface area contributed by atoms with Crippen LogP contribution in [0.15, 0.2) is 42.5 Å². The highest BCUT2D eigenvalue weighted by molar-refractivity contribution is 6.06. The summed E-state index contributed by atoms with van der Waals surface area (Å²) in [6, 6.07) is 15.9. The lowest BCUT2D eigenvalue weighted by Gasteiger charge is -2.24. The minimum Gasteiger partial charge on any atom is -0.454 e. The zero-order valence-corrected chi connectivity index (χ0v) is 13.0. The summed E-state index contributed by atoms with van der Waals surface area (Å²) in [4.78, 5) is 13.2. The van der Waals surface area contributed by atoms with Gasteiger partial charge < -0.3 is 9.47 Å². The van der Waals surface area contributed by atoms with E-state index < -0.39 is 5.41 Å². The number of carbonyl (C=O) groups excluding carboxylic acids is 1. The van der Waals surface area contributed by atoms with Crippen LogP contribution in [0.25, 0.3) is 0 Å². The van der Waals surface area contributed by atoms with Crippen LogP contribution in [0.3, 0.4) is 0 Å². The van der Waals surface area contributed by atoms with E-state index >= 15 is 0 Å². The van der Waals surface area contributed by atoms with Crippen molar-refractivity contribution in [3.05, 3.63) is 59.2 Å².